The first-order valence-electron chi connectivity index (χ1n) is 9.93. The fraction of sp³-hybridized carbons (Fsp3) is 0.364. The number of aryl methyl sites for hydroxylation is 1. The summed E-state index contributed by atoms with van der Waals surface area (Å²) in [6.45, 7) is 6.77. The van der Waals surface area contributed by atoms with Crippen LogP contribution in [-0.2, 0) is 12.8 Å². The fourth-order valence-corrected chi connectivity index (χ4v) is 5.00. The smallest absolute Gasteiger partial charge is 0.267 e. The van der Waals surface area contributed by atoms with Crippen molar-refractivity contribution in [1.82, 2.24) is 21.0 Å². The second-order valence-corrected chi connectivity index (χ2v) is 9.86. The van der Waals surface area contributed by atoms with E-state index in [4.69, 9.17) is 0 Å². The van der Waals surface area contributed by atoms with Crippen LogP contribution in [0, 0.1) is 11.3 Å². The number of amides is 2. The van der Waals surface area contributed by atoms with Crippen molar-refractivity contribution >= 4 is 33.9 Å². The molecule has 1 aliphatic carbocycles. The minimum absolute atomic E-state index is 0.0454. The molecule has 8 heteroatoms. The number of nitrogens with one attached hydrogen (secondary N) is 3. The Bertz CT molecular complexity index is 1190. The summed E-state index contributed by atoms with van der Waals surface area (Å²) < 4.78 is 0. The van der Waals surface area contributed by atoms with Gasteiger partial charge in [-0.15, -0.1) is 11.3 Å². The summed E-state index contributed by atoms with van der Waals surface area (Å²) in [7, 11) is 0. The van der Waals surface area contributed by atoms with Crippen LogP contribution in [0.25, 0.3) is 10.8 Å². The Kier molecular flexibility index (Phi) is 5.19. The molecule has 0 aliphatic heterocycles. The average molecular weight is 425 g/mol. The Morgan fingerprint density at radius 1 is 1.13 bits per heavy atom. The molecule has 0 fully saturated rings. The van der Waals surface area contributed by atoms with Crippen molar-refractivity contribution in [2.45, 2.75) is 40.0 Å². The molecule has 1 unspecified atom stereocenters. The fourth-order valence-electron chi connectivity index (χ4n) is 3.90. The van der Waals surface area contributed by atoms with E-state index in [9.17, 15) is 14.4 Å². The quantitative estimate of drug-likeness (QED) is 0.550. The number of hydrogen-bond donors (Lipinski definition) is 3. The van der Waals surface area contributed by atoms with Crippen molar-refractivity contribution in [3.8, 4) is 0 Å². The zero-order chi connectivity index (χ0) is 21.5. The maximum absolute atomic E-state index is 12.6. The first kappa shape index (κ1) is 20.3. The molecule has 7 nitrogen and oxygen atoms in total. The molecule has 2 heterocycles. The molecule has 4 rings (SSSR count). The van der Waals surface area contributed by atoms with Crippen molar-refractivity contribution < 1.29 is 9.59 Å². The van der Waals surface area contributed by atoms with Gasteiger partial charge < -0.3 is 0 Å². The number of nitrogens with zero attached hydrogens (tertiary/aromatic N) is 1. The number of fused-ring (bicyclic) bond motifs is 2. The van der Waals surface area contributed by atoms with Gasteiger partial charge in [0.25, 0.3) is 17.4 Å². The highest BCUT2D eigenvalue weighted by molar-refractivity contribution is 7.14. The normalized spacial score (nSPS) is 16.2. The summed E-state index contributed by atoms with van der Waals surface area (Å²) in [6, 6.07) is 8.64. The zero-order valence-corrected chi connectivity index (χ0v) is 18.0. The highest BCUT2D eigenvalue weighted by Gasteiger charge is 2.30. The van der Waals surface area contributed by atoms with Crippen molar-refractivity contribution in [2.75, 3.05) is 0 Å². The third kappa shape index (κ3) is 3.87. The Labute approximate surface area is 177 Å². The lowest BCUT2D eigenvalue weighted by Gasteiger charge is -2.33. The molecule has 3 N–H and O–H groups in total. The highest BCUT2D eigenvalue weighted by Crippen LogP contribution is 2.40. The number of hydrogen-bond acceptors (Lipinski definition) is 5. The minimum Gasteiger partial charge on any atom is -0.267 e. The molecule has 156 valence electrons. The highest BCUT2D eigenvalue weighted by atomic mass is 32.1. The van der Waals surface area contributed by atoms with Gasteiger partial charge >= 0.3 is 0 Å². The average Bonchev–Trinajstić information content (AvgIpc) is 3.15. The maximum Gasteiger partial charge on any atom is 0.290 e. The topological polar surface area (TPSA) is 104 Å². The number of aromatic nitrogens is 2. The van der Waals surface area contributed by atoms with Crippen molar-refractivity contribution in [3.63, 3.8) is 0 Å². The van der Waals surface area contributed by atoms with Crippen molar-refractivity contribution in [3.05, 3.63) is 61.7 Å². The standard InChI is InChI=1S/C22H24N4O3S/c1-22(2,3)13-8-9-16-12(10-13)11-17(30-16)20(28)25-26-21(29)18-14-6-4-5-7-15(14)19(27)24-23-18/h4-7,11,13H,8-10H2,1-3H3,(H,24,27)(H,25,28)(H,26,29). The summed E-state index contributed by atoms with van der Waals surface area (Å²) in [5.41, 5.74) is 6.02. The van der Waals surface area contributed by atoms with Gasteiger partial charge in [0, 0.05) is 10.3 Å². The molecule has 0 bridgehead atoms. The van der Waals surface area contributed by atoms with E-state index in [-0.39, 0.29) is 22.6 Å². The molecule has 0 spiro atoms. The predicted octanol–water partition coefficient (Wildman–Crippen LogP) is 3.21. The lowest BCUT2D eigenvalue weighted by atomic mass is 9.72. The van der Waals surface area contributed by atoms with Crippen molar-refractivity contribution in [2.24, 2.45) is 11.3 Å². The first-order valence-corrected chi connectivity index (χ1v) is 10.8. The SMILES string of the molecule is CC(C)(C)C1CCc2sc(C(=O)NNC(=O)c3n[nH]c(=O)c4ccccc34)cc2C1. The summed E-state index contributed by atoms with van der Waals surface area (Å²) in [6.07, 6.45) is 3.08. The zero-order valence-electron chi connectivity index (χ0n) is 17.2. The molecule has 1 atom stereocenters. The van der Waals surface area contributed by atoms with E-state index in [0.717, 1.165) is 19.3 Å². The summed E-state index contributed by atoms with van der Waals surface area (Å²) in [5.74, 6) is -0.358. The van der Waals surface area contributed by atoms with Crippen LogP contribution >= 0.6 is 11.3 Å². The Morgan fingerprint density at radius 3 is 2.57 bits per heavy atom. The van der Waals surface area contributed by atoms with Crippen LogP contribution in [0.15, 0.2) is 35.1 Å². The third-order valence-corrected chi connectivity index (χ3v) is 6.97. The van der Waals surface area contributed by atoms with Crippen LogP contribution in [0.4, 0.5) is 0 Å². The van der Waals surface area contributed by atoms with E-state index in [1.54, 1.807) is 24.3 Å². The number of carbonyl (C=O) groups is 2. The number of thiophene rings is 1. The molecule has 1 aromatic carbocycles. The number of hydrazine groups is 1. The van der Waals surface area contributed by atoms with Gasteiger partial charge in [-0.2, -0.15) is 5.10 Å². The van der Waals surface area contributed by atoms with Crippen LogP contribution in [0.1, 0.15) is 57.8 Å². The van der Waals surface area contributed by atoms with Crippen LogP contribution in [0.5, 0.6) is 0 Å². The Hall–Kier alpha value is -3.00. The van der Waals surface area contributed by atoms with Gasteiger partial charge in [-0.25, -0.2) is 5.10 Å². The van der Waals surface area contributed by atoms with E-state index < -0.39 is 5.91 Å². The van der Waals surface area contributed by atoms with Gasteiger partial charge in [-0.05, 0) is 48.3 Å². The van der Waals surface area contributed by atoms with Gasteiger partial charge in [-0.1, -0.05) is 39.0 Å². The summed E-state index contributed by atoms with van der Waals surface area (Å²) in [4.78, 5) is 38.8. The van der Waals surface area contributed by atoms with E-state index in [1.807, 2.05) is 6.07 Å². The summed E-state index contributed by atoms with van der Waals surface area (Å²) >= 11 is 1.48. The van der Waals surface area contributed by atoms with Gasteiger partial charge in [-0.3, -0.25) is 25.2 Å². The molecular weight excluding hydrogens is 400 g/mol. The van der Waals surface area contributed by atoms with E-state index in [0.29, 0.717) is 21.6 Å². The van der Waals surface area contributed by atoms with E-state index in [1.165, 1.54) is 21.8 Å². The molecular formula is C22H24N4O3S. The van der Waals surface area contributed by atoms with Crippen LogP contribution in [0.2, 0.25) is 0 Å². The number of benzene rings is 1. The van der Waals surface area contributed by atoms with Crippen LogP contribution in [0.3, 0.4) is 0 Å². The molecule has 0 saturated heterocycles. The largest absolute Gasteiger partial charge is 0.290 e. The van der Waals surface area contributed by atoms with Crippen molar-refractivity contribution in [1.29, 1.82) is 0 Å². The van der Waals surface area contributed by atoms with Gasteiger partial charge in [0.05, 0.1) is 10.3 Å². The minimum atomic E-state index is -0.593. The molecule has 3 aromatic rings. The van der Waals surface area contributed by atoms with Gasteiger partial charge in [0.1, 0.15) is 0 Å². The monoisotopic (exact) mass is 424 g/mol. The molecule has 2 aromatic heterocycles. The van der Waals surface area contributed by atoms with Crippen LogP contribution in [-0.4, -0.2) is 22.0 Å². The molecule has 0 radical (unpaired) electrons. The Morgan fingerprint density at radius 2 is 1.83 bits per heavy atom. The molecule has 0 saturated carbocycles. The summed E-state index contributed by atoms with van der Waals surface area (Å²) in [5, 5.41) is 6.95. The van der Waals surface area contributed by atoms with Gasteiger partial charge in [0.15, 0.2) is 5.69 Å². The molecule has 1 aliphatic rings. The number of rotatable bonds is 2. The molecule has 30 heavy (non-hydrogen) atoms. The van der Waals surface area contributed by atoms with E-state index in [2.05, 4.69) is 41.8 Å². The van der Waals surface area contributed by atoms with Gasteiger partial charge in [0.2, 0.25) is 0 Å². The van der Waals surface area contributed by atoms with E-state index >= 15 is 0 Å². The lowest BCUT2D eigenvalue weighted by molar-refractivity contribution is 0.0846. The lowest BCUT2D eigenvalue weighted by Crippen LogP contribution is -2.42. The Balaban J connectivity index is 1.46. The number of H-pyrrole nitrogens is 1. The number of aromatic amines is 1. The first-order chi connectivity index (χ1) is 14.2. The van der Waals surface area contributed by atoms with Crippen LogP contribution < -0.4 is 16.4 Å². The number of carbonyl (C=O) groups excluding carboxylic acids is 2. The predicted molar refractivity (Wildman–Crippen MR) is 117 cm³/mol. The second kappa shape index (κ2) is 7.68. The second-order valence-electron chi connectivity index (χ2n) is 8.72. The third-order valence-electron chi connectivity index (χ3n) is 5.73. The maximum atomic E-state index is 12.6. The molecule has 2 amide bonds.